The van der Waals surface area contributed by atoms with Crippen molar-refractivity contribution in [3.63, 3.8) is 0 Å². The maximum absolute atomic E-state index is 11.9. The lowest BCUT2D eigenvalue weighted by Crippen LogP contribution is -1.99. The van der Waals surface area contributed by atoms with Crippen molar-refractivity contribution in [1.29, 1.82) is 0 Å². The fourth-order valence-corrected chi connectivity index (χ4v) is 1.36. The van der Waals surface area contributed by atoms with E-state index in [0.29, 0.717) is 0 Å². The van der Waals surface area contributed by atoms with E-state index in [1.807, 2.05) is 0 Å². The maximum atomic E-state index is 11.9. The van der Waals surface area contributed by atoms with Gasteiger partial charge in [0.15, 0.2) is 0 Å². The van der Waals surface area contributed by atoms with Crippen molar-refractivity contribution in [1.82, 2.24) is 0 Å². The predicted octanol–water partition coefficient (Wildman–Crippen LogP) is 3.08. The monoisotopic (exact) mass is 201 g/mol. The summed E-state index contributed by atoms with van der Waals surface area (Å²) in [5, 5.41) is 0. The van der Waals surface area contributed by atoms with Crippen LogP contribution in [0.5, 0.6) is 0 Å². The van der Waals surface area contributed by atoms with Gasteiger partial charge < -0.3 is 0 Å². The highest BCUT2D eigenvalue weighted by molar-refractivity contribution is 8.00. The molecule has 1 rings (SSSR count). The molecule has 0 N–H and O–H groups in total. The minimum absolute atomic E-state index is 0.0116. The Morgan fingerprint density at radius 2 is 2.15 bits per heavy atom. The summed E-state index contributed by atoms with van der Waals surface area (Å²) in [6, 6.07) is 6.68. The predicted molar refractivity (Wildman–Crippen MR) is 45.1 cm³/mol. The van der Waals surface area contributed by atoms with E-state index >= 15 is 0 Å². The van der Waals surface area contributed by atoms with Gasteiger partial charge in [0.2, 0.25) is 0 Å². The minimum atomic E-state index is -4.30. The van der Waals surface area contributed by atoms with Gasteiger partial charge in [-0.25, -0.2) is 0 Å². The molecule has 0 amide bonds. The second-order valence-corrected chi connectivity index (χ2v) is 3.22. The van der Waals surface area contributed by atoms with Crippen molar-refractivity contribution in [2.24, 2.45) is 0 Å². The van der Waals surface area contributed by atoms with Gasteiger partial charge >= 0.3 is 5.51 Å². The molecule has 0 aromatic heterocycles. The number of rotatable bonds is 1. The topological polar surface area (TPSA) is 0 Å². The number of hydrogen-bond donors (Lipinski definition) is 0. The van der Waals surface area contributed by atoms with Crippen molar-refractivity contribution >= 4 is 11.8 Å². The Hall–Kier alpha value is -1.08. The Kier molecular flexibility index (Phi) is 2.89. The molecular weight excluding hydrogens is 197 g/mol. The lowest BCUT2D eigenvalue weighted by molar-refractivity contribution is -0.0328. The van der Waals surface area contributed by atoms with Gasteiger partial charge in [0, 0.05) is 10.5 Å². The van der Waals surface area contributed by atoms with Crippen LogP contribution >= 0.6 is 11.8 Å². The molecule has 1 radical (unpaired) electrons. The molecule has 1 aromatic rings. The van der Waals surface area contributed by atoms with Gasteiger partial charge in [-0.15, -0.1) is 6.42 Å². The molecule has 0 saturated heterocycles. The first-order valence-corrected chi connectivity index (χ1v) is 4.07. The summed E-state index contributed by atoms with van der Waals surface area (Å²) in [5.41, 5.74) is -4.07. The van der Waals surface area contributed by atoms with Gasteiger partial charge in [-0.2, -0.15) is 13.2 Å². The summed E-state index contributed by atoms with van der Waals surface area (Å²) in [5.74, 6) is 2.18. The average molecular weight is 201 g/mol. The van der Waals surface area contributed by atoms with E-state index < -0.39 is 5.51 Å². The maximum Gasteiger partial charge on any atom is 0.446 e. The number of alkyl halides is 3. The Labute approximate surface area is 78.1 Å². The third-order valence-electron chi connectivity index (χ3n) is 1.21. The molecule has 0 bridgehead atoms. The molecule has 67 valence electrons. The fourth-order valence-electron chi connectivity index (χ4n) is 0.743. The van der Waals surface area contributed by atoms with Crippen LogP contribution in [0.25, 0.3) is 0 Å². The Morgan fingerprint density at radius 3 is 2.69 bits per heavy atom. The van der Waals surface area contributed by atoms with Crippen LogP contribution in [0.1, 0.15) is 5.56 Å². The lowest BCUT2D eigenvalue weighted by Gasteiger charge is -2.06. The van der Waals surface area contributed by atoms with Crippen molar-refractivity contribution in [3.05, 3.63) is 29.8 Å². The Morgan fingerprint density at radius 1 is 1.46 bits per heavy atom. The largest absolute Gasteiger partial charge is 0.446 e. The van der Waals surface area contributed by atoms with E-state index in [1.54, 1.807) is 0 Å². The molecule has 0 fully saturated rings. The number of terminal acetylenes is 1. The summed E-state index contributed by atoms with van der Waals surface area (Å²) in [6.45, 7) is 0. The fraction of sp³-hybridized carbons (Fsp3) is 0.111. The molecule has 4 heteroatoms. The first kappa shape index (κ1) is 10.0. The first-order valence-electron chi connectivity index (χ1n) is 3.25. The number of thioether (sulfide) groups is 1. The quantitative estimate of drug-likeness (QED) is 0.497. The molecule has 0 spiro atoms. The van der Waals surface area contributed by atoms with E-state index in [1.165, 1.54) is 18.2 Å². The zero-order chi connectivity index (χ0) is 9.90. The van der Waals surface area contributed by atoms with Gasteiger partial charge in [-0.3, -0.25) is 0 Å². The Balaban J connectivity index is 2.96. The van der Waals surface area contributed by atoms with Gasteiger partial charge in [0.1, 0.15) is 0 Å². The molecule has 0 atom stereocenters. The highest BCUT2D eigenvalue weighted by Crippen LogP contribution is 2.37. The average Bonchev–Trinajstić information content (AvgIpc) is 2.02. The van der Waals surface area contributed by atoms with Crippen LogP contribution in [0, 0.1) is 18.4 Å². The zero-order valence-electron chi connectivity index (χ0n) is 6.35. The van der Waals surface area contributed by atoms with Crippen molar-refractivity contribution in [2.45, 2.75) is 10.4 Å². The Bertz CT molecular complexity index is 335. The number of benzene rings is 1. The zero-order valence-corrected chi connectivity index (χ0v) is 7.17. The minimum Gasteiger partial charge on any atom is -0.160 e. The van der Waals surface area contributed by atoms with Crippen LogP contribution in [0.2, 0.25) is 0 Å². The normalized spacial score (nSPS) is 10.9. The van der Waals surface area contributed by atoms with Crippen molar-refractivity contribution in [3.8, 4) is 12.3 Å². The SMILES string of the molecule is C#Cc1cc[c]cc1SC(F)(F)F. The van der Waals surface area contributed by atoms with Crippen molar-refractivity contribution in [2.75, 3.05) is 0 Å². The smallest absolute Gasteiger partial charge is 0.160 e. The standard InChI is InChI=1S/C9H4F3S/c1-2-7-5-3-4-6-8(7)13-9(10,11)12/h1,3,5-6H. The van der Waals surface area contributed by atoms with E-state index in [9.17, 15) is 13.2 Å². The van der Waals surface area contributed by atoms with Crippen LogP contribution in [0.15, 0.2) is 23.1 Å². The highest BCUT2D eigenvalue weighted by atomic mass is 32.2. The van der Waals surface area contributed by atoms with Crippen LogP contribution < -0.4 is 0 Å². The molecule has 0 aliphatic rings. The summed E-state index contributed by atoms with van der Waals surface area (Å²) in [7, 11) is 0. The molecule has 0 heterocycles. The molecule has 0 nitrogen and oxygen atoms in total. The molecule has 0 aliphatic heterocycles. The van der Waals surface area contributed by atoms with E-state index in [-0.39, 0.29) is 22.2 Å². The molecule has 1 aromatic carbocycles. The second-order valence-electron chi connectivity index (χ2n) is 2.11. The van der Waals surface area contributed by atoms with Crippen LogP contribution in [-0.4, -0.2) is 5.51 Å². The number of halogens is 3. The summed E-state index contributed by atoms with van der Waals surface area (Å²) in [4.78, 5) is 0.0116. The van der Waals surface area contributed by atoms with Crippen LogP contribution in [0.4, 0.5) is 13.2 Å². The third-order valence-corrected chi connectivity index (χ3v) is 2.00. The van der Waals surface area contributed by atoms with E-state index in [0.717, 1.165) is 0 Å². The molecular formula is C9H4F3S. The van der Waals surface area contributed by atoms with Crippen molar-refractivity contribution < 1.29 is 13.2 Å². The van der Waals surface area contributed by atoms with Gasteiger partial charge in [-0.05, 0) is 30.0 Å². The van der Waals surface area contributed by atoms with Gasteiger partial charge in [0.05, 0.1) is 0 Å². The summed E-state index contributed by atoms with van der Waals surface area (Å²) in [6.07, 6.45) is 5.02. The summed E-state index contributed by atoms with van der Waals surface area (Å²) < 4.78 is 35.8. The highest BCUT2D eigenvalue weighted by Gasteiger charge is 2.29. The molecule has 0 aliphatic carbocycles. The van der Waals surface area contributed by atoms with Crippen LogP contribution in [-0.2, 0) is 0 Å². The molecule has 0 unspecified atom stereocenters. The van der Waals surface area contributed by atoms with Crippen LogP contribution in [0.3, 0.4) is 0 Å². The second kappa shape index (κ2) is 3.75. The summed E-state index contributed by atoms with van der Waals surface area (Å²) >= 11 is -0.222. The molecule has 13 heavy (non-hydrogen) atoms. The lowest BCUT2D eigenvalue weighted by atomic mass is 10.2. The number of hydrogen-bond acceptors (Lipinski definition) is 1. The first-order chi connectivity index (χ1) is 6.03. The third kappa shape index (κ3) is 3.03. The van der Waals surface area contributed by atoms with Gasteiger partial charge in [-0.1, -0.05) is 12.0 Å². The van der Waals surface area contributed by atoms with E-state index in [4.69, 9.17) is 6.42 Å². The van der Waals surface area contributed by atoms with Gasteiger partial charge in [0.25, 0.3) is 0 Å². The molecule has 0 saturated carbocycles. The van der Waals surface area contributed by atoms with E-state index in [2.05, 4.69) is 12.0 Å².